The van der Waals surface area contributed by atoms with E-state index < -0.39 is 0 Å². The molecule has 0 aliphatic carbocycles. The van der Waals surface area contributed by atoms with Gasteiger partial charge in [0, 0.05) is 0 Å². The first-order chi connectivity index (χ1) is 17.9. The summed E-state index contributed by atoms with van der Waals surface area (Å²) in [7, 11) is 8.05. The van der Waals surface area contributed by atoms with Crippen molar-refractivity contribution in [3.05, 3.63) is 0 Å². The van der Waals surface area contributed by atoms with Crippen LogP contribution in [0.3, 0.4) is 0 Å². The lowest BCUT2D eigenvalue weighted by atomic mass is 10.6. The molecule has 0 saturated carbocycles. The predicted molar refractivity (Wildman–Crippen MR) is 236 cm³/mol. The molecule has 0 atom stereocenters. The van der Waals surface area contributed by atoms with Crippen LogP contribution in [-0.4, -0.2) is 88.5 Å². The minimum Gasteiger partial charge on any atom is -0.333 e. The fraction of sp³-hybridized carbons (Fsp3) is 0.900. The number of Topliss-reactive ketones (excluding diaryl/α,β-unsaturated/α-hetero) is 3. The van der Waals surface area contributed by atoms with Crippen molar-refractivity contribution in [1.29, 1.82) is 0 Å². The fourth-order valence-electron chi connectivity index (χ4n) is 0. The Morgan fingerprint density at radius 2 is 0.405 bits per heavy atom. The molecule has 0 saturated heterocycles. The van der Waals surface area contributed by atoms with Crippen molar-refractivity contribution >= 4 is 87.7 Å². The molecule has 0 heterocycles. The first kappa shape index (κ1) is 121. The van der Waals surface area contributed by atoms with E-state index in [1.807, 2.05) is 66.6 Å². The monoisotopic (exact) mass is 736 g/mol. The van der Waals surface area contributed by atoms with E-state index >= 15 is 0 Å². The Balaban J connectivity index is -0.00000000928. The van der Waals surface area contributed by atoms with Gasteiger partial charge in [-0.2, -0.15) is 48.8 Å². The lowest BCUT2D eigenvalue weighted by Crippen LogP contribution is -1.69. The van der Waals surface area contributed by atoms with E-state index in [-0.39, 0.29) is 47.1 Å². The highest BCUT2D eigenvalue weighted by Crippen LogP contribution is 2.09. The highest BCUT2D eigenvalue weighted by molar-refractivity contribution is 8.76. The summed E-state index contributed by atoms with van der Waals surface area (Å²) in [4.78, 5) is 28.3. The molecule has 0 radical (unpaired) electrons. The maximum absolute atomic E-state index is 9.44. The van der Waals surface area contributed by atoms with Crippen molar-refractivity contribution in [2.45, 2.75) is 113 Å². The van der Waals surface area contributed by atoms with Gasteiger partial charge in [0.05, 0.1) is 0 Å². The topological polar surface area (TPSA) is 129 Å². The van der Waals surface area contributed by atoms with Crippen LogP contribution >= 0.6 is 70.4 Å². The summed E-state index contributed by atoms with van der Waals surface area (Å²) in [6.45, 7) is 21.2. The number of nitrogens with two attached hydrogens (primary N) is 3. The number of carbonyl (C=O) groups is 3. The molecule has 0 aliphatic rings. The molecule has 0 bridgehead atoms. The van der Waals surface area contributed by atoms with Crippen LogP contribution in [0.4, 0.5) is 0 Å². The highest BCUT2D eigenvalue weighted by Gasteiger charge is 1.63. The average molecular weight is 736 g/mol. The van der Waals surface area contributed by atoms with E-state index in [4.69, 9.17) is 0 Å². The third-order valence-corrected chi connectivity index (χ3v) is 1.50. The second kappa shape index (κ2) is 360. The molecule has 0 rings (SSSR count). The summed E-state index contributed by atoms with van der Waals surface area (Å²) >= 11 is 10.6. The van der Waals surface area contributed by atoms with Crippen LogP contribution in [-0.2, 0) is 14.4 Å². The number of thioether (sulfide) groups is 2. The van der Waals surface area contributed by atoms with Crippen molar-refractivity contribution in [1.82, 2.24) is 0 Å². The molecule has 12 heteroatoms. The Morgan fingerprint density at radius 1 is 0.381 bits per heavy atom. The van der Waals surface area contributed by atoms with E-state index in [9.17, 15) is 14.4 Å². The molecular formula is C30H93N3O3S6. The molecule has 6 nitrogen and oxygen atoms in total. The average Bonchev–Trinajstić information content (AvgIpc) is 2.93. The summed E-state index contributed by atoms with van der Waals surface area (Å²) in [5, 5.41) is 0. The molecule has 42 heavy (non-hydrogen) atoms. The number of hydrogen-bond donors (Lipinski definition) is 5. The molecule has 0 aliphatic heterocycles. The lowest BCUT2D eigenvalue weighted by Gasteiger charge is -1.69. The second-order valence-electron chi connectivity index (χ2n) is 3.87. The zero-order chi connectivity index (χ0) is 35.6. The molecule has 0 aromatic rings. The van der Waals surface area contributed by atoms with Gasteiger partial charge in [-0.1, -0.05) is 92.8 Å². The van der Waals surface area contributed by atoms with Gasteiger partial charge in [-0.25, -0.2) is 0 Å². The molecule has 0 amide bonds. The molecule has 0 unspecified atom stereocenters. The van der Waals surface area contributed by atoms with Gasteiger partial charge in [0.15, 0.2) is 0 Å². The quantitative estimate of drug-likeness (QED) is 0.131. The summed E-state index contributed by atoms with van der Waals surface area (Å²) in [5.74, 6) is 0.500. The number of hydrogen-bond acceptors (Lipinski definition) is 12. The van der Waals surface area contributed by atoms with Crippen molar-refractivity contribution in [3.8, 4) is 0 Å². The van der Waals surface area contributed by atoms with E-state index in [1.165, 1.54) is 62.7 Å². The molecule has 0 aromatic carbocycles. The van der Waals surface area contributed by atoms with Gasteiger partial charge in [0.2, 0.25) is 0 Å². The van der Waals surface area contributed by atoms with Crippen molar-refractivity contribution in [2.75, 3.05) is 71.2 Å². The van der Waals surface area contributed by atoms with Crippen LogP contribution in [0.1, 0.15) is 113 Å². The van der Waals surface area contributed by atoms with Crippen molar-refractivity contribution in [2.24, 2.45) is 17.2 Å². The second-order valence-corrected chi connectivity index (χ2v) is 8.17. The van der Waals surface area contributed by atoms with E-state index in [0.717, 1.165) is 0 Å². The van der Waals surface area contributed by atoms with Crippen molar-refractivity contribution in [3.63, 3.8) is 0 Å². The van der Waals surface area contributed by atoms with Crippen LogP contribution in [0, 0.1) is 0 Å². The molecule has 6 N–H and O–H groups in total. The highest BCUT2D eigenvalue weighted by atomic mass is 33.1. The Bertz CT molecular complexity index is 194. The van der Waals surface area contributed by atoms with Gasteiger partial charge >= 0.3 is 0 Å². The van der Waals surface area contributed by atoms with Gasteiger partial charge in [-0.15, -0.1) is 0 Å². The summed E-state index contributed by atoms with van der Waals surface area (Å²) < 4.78 is 0. The van der Waals surface area contributed by atoms with Gasteiger partial charge in [-0.3, -0.25) is 0 Å². The zero-order valence-corrected chi connectivity index (χ0v) is 35.0. The van der Waals surface area contributed by atoms with Gasteiger partial charge < -0.3 is 31.6 Å². The number of thiol groups is 2. The predicted octanol–water partition coefficient (Wildman–Crippen LogP) is 10.8. The summed E-state index contributed by atoms with van der Waals surface area (Å²) in [6.07, 6.45) is 15.7. The Labute approximate surface area is 301 Å². The SMILES string of the molecule is C.C.C.C.CC.CC.CC.CC(C)=O.CC(C)=O.CC(C)=O.CN.CN.CN.CS.CS.CSC.CSC.CSSC. The van der Waals surface area contributed by atoms with Crippen LogP contribution in [0.5, 0.6) is 0 Å². The van der Waals surface area contributed by atoms with Crippen LogP contribution in [0.15, 0.2) is 0 Å². The normalized spacial score (nSPS) is 4.57. The standard InChI is InChI=1S/3C3H6O.C2H6S2.2C2H6S.3C2H6.3CH5N.2CH4S.4CH4/c3*1-3(2)4;1-3-4-2;2*1-3-2;8*1-2;;;;/h4*1-2H3;2*1-2H3;3*1-2H3;3*2H2,1H3;2*2H,1H3;4*1H4. The minimum atomic E-state index is 0. The molecule has 282 valence electrons. The number of ketones is 3. The van der Waals surface area contributed by atoms with Crippen LogP contribution in [0.2, 0.25) is 0 Å². The molecule has 0 spiro atoms. The summed E-state index contributed by atoms with van der Waals surface area (Å²) in [5.41, 5.74) is 13.5. The van der Waals surface area contributed by atoms with Crippen molar-refractivity contribution < 1.29 is 14.4 Å². The van der Waals surface area contributed by atoms with E-state index in [0.29, 0.717) is 0 Å². The number of rotatable bonds is 1. The molecule has 0 aromatic heterocycles. The maximum Gasteiger partial charge on any atom is 0.126 e. The van der Waals surface area contributed by atoms with E-state index in [1.54, 1.807) is 57.6 Å². The Kier molecular flexibility index (Phi) is 1040. The number of carbonyl (C=O) groups excluding carboxylic acids is 3. The maximum atomic E-state index is 9.44. The Morgan fingerprint density at radius 3 is 0.405 bits per heavy atom. The zero-order valence-electron chi connectivity index (χ0n) is 30.0. The lowest BCUT2D eigenvalue weighted by molar-refractivity contribution is -0.115. The summed E-state index contributed by atoms with van der Waals surface area (Å²) in [6, 6.07) is 0. The minimum absolute atomic E-state index is 0. The smallest absolute Gasteiger partial charge is 0.126 e. The van der Waals surface area contributed by atoms with Crippen LogP contribution < -0.4 is 17.2 Å². The third kappa shape index (κ3) is 16600. The molecule has 0 fully saturated rings. The first-order valence-corrected chi connectivity index (χ1v) is 19.9. The van der Waals surface area contributed by atoms with Gasteiger partial charge in [-0.05, 0) is 113 Å². The van der Waals surface area contributed by atoms with Crippen LogP contribution in [0.25, 0.3) is 0 Å². The van der Waals surface area contributed by atoms with Gasteiger partial charge in [0.1, 0.15) is 17.3 Å². The largest absolute Gasteiger partial charge is 0.333 e. The van der Waals surface area contributed by atoms with Gasteiger partial charge in [0.25, 0.3) is 0 Å². The van der Waals surface area contributed by atoms with E-state index in [2.05, 4.69) is 55.0 Å². The first-order valence-electron chi connectivity index (χ1n) is 11.9. The Hall–Kier alpha value is 0.990. The molecular weight excluding hydrogens is 643 g/mol. The third-order valence-electron chi connectivity index (χ3n) is 0.167. The fourth-order valence-corrected chi connectivity index (χ4v) is 0.